The first kappa shape index (κ1) is 13.4. The van der Waals surface area contributed by atoms with Crippen LogP contribution in [0.1, 0.15) is 47.6 Å². The molecule has 1 fully saturated rings. The molecular weight excluding hydrogens is 242 g/mol. The third kappa shape index (κ3) is 2.78. The van der Waals surface area contributed by atoms with E-state index >= 15 is 0 Å². The fourth-order valence-corrected chi connectivity index (χ4v) is 2.90. The van der Waals surface area contributed by atoms with Crippen molar-refractivity contribution in [3.8, 4) is 0 Å². The third-order valence-corrected chi connectivity index (χ3v) is 4.51. The van der Waals surface area contributed by atoms with E-state index in [0.717, 1.165) is 0 Å². The van der Waals surface area contributed by atoms with Crippen LogP contribution in [0, 0.1) is 13.8 Å². The van der Waals surface area contributed by atoms with Crippen molar-refractivity contribution in [1.82, 2.24) is 5.32 Å². The van der Waals surface area contributed by atoms with Crippen molar-refractivity contribution >= 4 is 0 Å². The Labute approximate surface area is 122 Å². The molecule has 3 atom stereocenters. The Bertz CT molecular complexity index is 588. The van der Waals surface area contributed by atoms with Gasteiger partial charge in [0.15, 0.2) is 0 Å². The number of aryl methyl sites for hydroxylation is 2. The van der Waals surface area contributed by atoms with Crippen LogP contribution in [-0.4, -0.2) is 6.04 Å². The first-order valence-corrected chi connectivity index (χ1v) is 7.53. The number of hydrogen-bond acceptors (Lipinski definition) is 1. The average molecular weight is 265 g/mol. The molecule has 1 N–H and O–H groups in total. The predicted octanol–water partition coefficient (Wildman–Crippen LogP) is 4.51. The summed E-state index contributed by atoms with van der Waals surface area (Å²) in [5, 5.41) is 3.77. The number of benzene rings is 2. The van der Waals surface area contributed by atoms with Crippen LogP contribution < -0.4 is 5.32 Å². The van der Waals surface area contributed by atoms with Crippen molar-refractivity contribution in [1.29, 1.82) is 0 Å². The highest BCUT2D eigenvalue weighted by atomic mass is 15.0. The van der Waals surface area contributed by atoms with Crippen molar-refractivity contribution in [3.05, 3.63) is 70.8 Å². The number of hydrogen-bond donors (Lipinski definition) is 1. The highest BCUT2D eigenvalue weighted by molar-refractivity contribution is 5.32. The van der Waals surface area contributed by atoms with E-state index in [1.165, 1.54) is 28.7 Å². The minimum atomic E-state index is 0.424. The molecule has 0 bridgehead atoms. The van der Waals surface area contributed by atoms with Gasteiger partial charge in [-0.05, 0) is 49.4 Å². The average Bonchev–Trinajstić information content (AvgIpc) is 3.22. The minimum Gasteiger partial charge on any atom is -0.307 e. The van der Waals surface area contributed by atoms with E-state index in [1.807, 2.05) is 0 Å². The zero-order valence-electron chi connectivity index (χ0n) is 12.6. The van der Waals surface area contributed by atoms with Gasteiger partial charge in [-0.1, -0.05) is 48.5 Å². The van der Waals surface area contributed by atoms with Gasteiger partial charge in [-0.3, -0.25) is 0 Å². The van der Waals surface area contributed by atoms with E-state index in [2.05, 4.69) is 74.6 Å². The van der Waals surface area contributed by atoms with E-state index < -0.39 is 0 Å². The lowest BCUT2D eigenvalue weighted by Crippen LogP contribution is -2.22. The molecule has 1 aliphatic carbocycles. The van der Waals surface area contributed by atoms with Gasteiger partial charge in [-0.2, -0.15) is 0 Å². The Morgan fingerprint density at radius 1 is 1.00 bits per heavy atom. The quantitative estimate of drug-likeness (QED) is 0.857. The summed E-state index contributed by atoms with van der Waals surface area (Å²) >= 11 is 0. The molecule has 0 radical (unpaired) electrons. The zero-order chi connectivity index (χ0) is 14.1. The smallest absolute Gasteiger partial charge is 0.0294 e. The Morgan fingerprint density at radius 3 is 2.45 bits per heavy atom. The third-order valence-electron chi connectivity index (χ3n) is 4.51. The molecule has 0 aliphatic heterocycles. The highest BCUT2D eigenvalue weighted by Gasteiger charge is 2.38. The Kier molecular flexibility index (Phi) is 3.62. The van der Waals surface area contributed by atoms with Gasteiger partial charge in [-0.25, -0.2) is 0 Å². The molecule has 1 aliphatic rings. The fraction of sp³-hybridized carbons (Fsp3) is 0.368. The van der Waals surface area contributed by atoms with E-state index in [-0.39, 0.29) is 0 Å². The lowest BCUT2D eigenvalue weighted by atomic mass is 10.0. The maximum absolute atomic E-state index is 3.77. The second kappa shape index (κ2) is 5.41. The van der Waals surface area contributed by atoms with E-state index in [1.54, 1.807) is 0 Å². The molecule has 104 valence electrons. The summed E-state index contributed by atoms with van der Waals surface area (Å²) in [7, 11) is 0. The molecule has 2 aromatic carbocycles. The normalized spacial score (nSPS) is 22.6. The van der Waals surface area contributed by atoms with Gasteiger partial charge in [0.25, 0.3) is 0 Å². The molecule has 1 saturated carbocycles. The molecule has 0 spiro atoms. The highest BCUT2D eigenvalue weighted by Crippen LogP contribution is 2.41. The van der Waals surface area contributed by atoms with Crippen molar-refractivity contribution in [2.24, 2.45) is 0 Å². The largest absolute Gasteiger partial charge is 0.307 e. The van der Waals surface area contributed by atoms with Crippen LogP contribution in [0.15, 0.2) is 48.5 Å². The number of nitrogens with one attached hydrogen (secondary N) is 1. The molecular formula is C19H23N. The van der Waals surface area contributed by atoms with Gasteiger partial charge < -0.3 is 5.32 Å². The topological polar surface area (TPSA) is 12.0 Å². The predicted molar refractivity (Wildman–Crippen MR) is 85.1 cm³/mol. The molecule has 2 aromatic rings. The van der Waals surface area contributed by atoms with Gasteiger partial charge in [0.2, 0.25) is 0 Å². The summed E-state index contributed by atoms with van der Waals surface area (Å²) in [6, 6.07) is 18.7. The van der Waals surface area contributed by atoms with Crippen LogP contribution in [0.2, 0.25) is 0 Å². The van der Waals surface area contributed by atoms with Gasteiger partial charge in [0.05, 0.1) is 0 Å². The van der Waals surface area contributed by atoms with Crippen LogP contribution in [0.3, 0.4) is 0 Å². The minimum absolute atomic E-state index is 0.424. The second-order valence-corrected chi connectivity index (χ2v) is 6.09. The van der Waals surface area contributed by atoms with Gasteiger partial charge in [0.1, 0.15) is 0 Å². The maximum Gasteiger partial charge on any atom is 0.0294 e. The molecule has 1 nitrogen and oxygen atoms in total. The van der Waals surface area contributed by atoms with Crippen molar-refractivity contribution < 1.29 is 0 Å². The van der Waals surface area contributed by atoms with E-state index in [9.17, 15) is 0 Å². The molecule has 3 unspecified atom stereocenters. The van der Waals surface area contributed by atoms with Crippen molar-refractivity contribution in [2.75, 3.05) is 0 Å². The summed E-state index contributed by atoms with van der Waals surface area (Å²) in [5.41, 5.74) is 5.62. The zero-order valence-corrected chi connectivity index (χ0v) is 12.6. The molecule has 20 heavy (non-hydrogen) atoms. The lowest BCUT2D eigenvalue weighted by molar-refractivity contribution is 0.562. The summed E-state index contributed by atoms with van der Waals surface area (Å²) in [5.74, 6) is 0.699. The fourth-order valence-electron chi connectivity index (χ4n) is 2.90. The van der Waals surface area contributed by atoms with Gasteiger partial charge in [0, 0.05) is 18.0 Å². The summed E-state index contributed by atoms with van der Waals surface area (Å²) in [6.07, 6.45) is 1.26. The first-order chi connectivity index (χ1) is 9.65. The van der Waals surface area contributed by atoms with Crippen molar-refractivity contribution in [3.63, 3.8) is 0 Å². The van der Waals surface area contributed by atoms with Crippen molar-refractivity contribution in [2.45, 2.75) is 45.2 Å². The lowest BCUT2D eigenvalue weighted by Gasteiger charge is -2.16. The SMILES string of the molecule is Cc1ccc(C(C)NC2CC2c2ccccc2)cc1C. The van der Waals surface area contributed by atoms with Crippen LogP contribution in [-0.2, 0) is 0 Å². The van der Waals surface area contributed by atoms with Crippen LogP contribution in [0.5, 0.6) is 0 Å². The summed E-state index contributed by atoms with van der Waals surface area (Å²) in [6.45, 7) is 6.63. The Morgan fingerprint density at radius 2 is 1.75 bits per heavy atom. The summed E-state index contributed by atoms with van der Waals surface area (Å²) < 4.78 is 0. The second-order valence-electron chi connectivity index (χ2n) is 6.09. The van der Waals surface area contributed by atoms with E-state index in [4.69, 9.17) is 0 Å². The Hall–Kier alpha value is -1.60. The van der Waals surface area contributed by atoms with Gasteiger partial charge in [-0.15, -0.1) is 0 Å². The van der Waals surface area contributed by atoms with Crippen LogP contribution in [0.25, 0.3) is 0 Å². The monoisotopic (exact) mass is 265 g/mol. The Balaban J connectivity index is 1.63. The van der Waals surface area contributed by atoms with Gasteiger partial charge >= 0.3 is 0 Å². The molecule has 0 amide bonds. The molecule has 3 rings (SSSR count). The van der Waals surface area contributed by atoms with Crippen LogP contribution in [0.4, 0.5) is 0 Å². The molecule has 0 saturated heterocycles. The molecule has 0 aromatic heterocycles. The van der Waals surface area contributed by atoms with E-state index in [0.29, 0.717) is 18.0 Å². The molecule has 0 heterocycles. The van der Waals surface area contributed by atoms with Crippen LogP contribution >= 0.6 is 0 Å². The summed E-state index contributed by atoms with van der Waals surface area (Å²) in [4.78, 5) is 0. The number of rotatable bonds is 4. The first-order valence-electron chi connectivity index (χ1n) is 7.53. The maximum atomic E-state index is 3.77. The molecule has 1 heteroatoms. The standard InChI is InChI=1S/C19H23N/c1-13-9-10-17(11-14(13)2)15(3)20-19-12-18(19)16-7-5-4-6-8-16/h4-11,15,18-20H,12H2,1-3H3.